The van der Waals surface area contributed by atoms with Crippen molar-refractivity contribution in [3.63, 3.8) is 0 Å². The van der Waals surface area contributed by atoms with E-state index in [1.54, 1.807) is 48.5 Å². The molecule has 0 fully saturated rings. The molecule has 0 radical (unpaired) electrons. The van der Waals surface area contributed by atoms with E-state index in [9.17, 15) is 13.2 Å². The van der Waals surface area contributed by atoms with Crippen LogP contribution in [0.1, 0.15) is 17.2 Å². The fourth-order valence-corrected chi connectivity index (χ4v) is 1.82. The molecule has 0 amide bonds. The lowest BCUT2D eigenvalue weighted by molar-refractivity contribution is -0.182. The molecule has 0 N–H and O–H groups in total. The van der Waals surface area contributed by atoms with Gasteiger partial charge in [0.1, 0.15) is 12.7 Å². The van der Waals surface area contributed by atoms with Crippen molar-refractivity contribution in [2.75, 3.05) is 6.61 Å². The van der Waals surface area contributed by atoms with Gasteiger partial charge in [0.25, 0.3) is 0 Å². The summed E-state index contributed by atoms with van der Waals surface area (Å²) < 4.78 is 42.0. The number of ether oxygens (including phenoxy) is 1. The molecule has 0 saturated heterocycles. The van der Waals surface area contributed by atoms with Crippen LogP contribution in [0.15, 0.2) is 60.7 Å². The average molecular weight is 266 g/mol. The Kier molecular flexibility index (Phi) is 4.22. The van der Waals surface area contributed by atoms with Gasteiger partial charge in [0.05, 0.1) is 0 Å². The molecule has 0 unspecified atom stereocenters. The van der Waals surface area contributed by atoms with Crippen molar-refractivity contribution in [3.05, 3.63) is 71.8 Å². The monoisotopic (exact) mass is 266 g/mol. The van der Waals surface area contributed by atoms with E-state index >= 15 is 0 Å². The van der Waals surface area contributed by atoms with Crippen LogP contribution in [0.3, 0.4) is 0 Å². The number of hydrogen-bond donors (Lipinski definition) is 0. The van der Waals surface area contributed by atoms with Crippen LogP contribution < -0.4 is 0 Å². The lowest BCUT2D eigenvalue weighted by atomic mass is 10.0. The van der Waals surface area contributed by atoms with Crippen molar-refractivity contribution in [1.29, 1.82) is 0 Å². The van der Waals surface area contributed by atoms with Gasteiger partial charge in [-0.1, -0.05) is 60.7 Å². The Morgan fingerprint density at radius 1 is 0.789 bits per heavy atom. The quantitative estimate of drug-likeness (QED) is 0.799. The van der Waals surface area contributed by atoms with E-state index in [4.69, 9.17) is 4.74 Å². The maximum atomic E-state index is 12.3. The first kappa shape index (κ1) is 13.6. The van der Waals surface area contributed by atoms with E-state index in [1.165, 1.54) is 0 Å². The fraction of sp³-hybridized carbons (Fsp3) is 0.200. The topological polar surface area (TPSA) is 9.23 Å². The highest BCUT2D eigenvalue weighted by atomic mass is 19.4. The predicted octanol–water partition coefficient (Wildman–Crippen LogP) is 4.35. The highest BCUT2D eigenvalue weighted by Gasteiger charge is 2.30. The molecule has 0 aliphatic carbocycles. The van der Waals surface area contributed by atoms with Gasteiger partial charge in [-0.05, 0) is 11.1 Å². The first-order valence-corrected chi connectivity index (χ1v) is 5.84. The van der Waals surface area contributed by atoms with Gasteiger partial charge in [0, 0.05) is 0 Å². The summed E-state index contributed by atoms with van der Waals surface area (Å²) in [7, 11) is 0. The maximum absolute atomic E-state index is 12.3. The van der Waals surface area contributed by atoms with Crippen LogP contribution in [0.5, 0.6) is 0 Å². The molecule has 0 bridgehead atoms. The number of benzene rings is 2. The van der Waals surface area contributed by atoms with E-state index in [0.29, 0.717) is 11.1 Å². The van der Waals surface area contributed by atoms with E-state index < -0.39 is 18.9 Å². The van der Waals surface area contributed by atoms with E-state index in [0.717, 1.165) is 0 Å². The third-order valence-electron chi connectivity index (χ3n) is 2.62. The highest BCUT2D eigenvalue weighted by Crippen LogP contribution is 2.28. The normalized spacial score (nSPS) is 11.8. The molecule has 2 aromatic rings. The zero-order valence-corrected chi connectivity index (χ0v) is 10.1. The molecule has 0 aromatic heterocycles. The second-order valence-electron chi connectivity index (χ2n) is 4.13. The van der Waals surface area contributed by atoms with E-state index in [2.05, 4.69) is 0 Å². The third kappa shape index (κ3) is 4.10. The highest BCUT2D eigenvalue weighted by molar-refractivity contribution is 5.29. The number of hydrogen-bond acceptors (Lipinski definition) is 1. The maximum Gasteiger partial charge on any atom is 0.411 e. The Bertz CT molecular complexity index is 454. The van der Waals surface area contributed by atoms with Gasteiger partial charge < -0.3 is 4.74 Å². The molecule has 100 valence electrons. The lowest BCUT2D eigenvalue weighted by Crippen LogP contribution is -2.20. The van der Waals surface area contributed by atoms with Gasteiger partial charge in [0.2, 0.25) is 0 Å². The molecule has 2 aromatic carbocycles. The largest absolute Gasteiger partial charge is 0.411 e. The Balaban J connectivity index is 2.24. The molecular formula is C15H13F3O. The molecule has 0 spiro atoms. The van der Waals surface area contributed by atoms with Gasteiger partial charge in [-0.3, -0.25) is 0 Å². The molecule has 0 saturated carbocycles. The Hall–Kier alpha value is -1.81. The van der Waals surface area contributed by atoms with Crippen molar-refractivity contribution >= 4 is 0 Å². The summed E-state index contributed by atoms with van der Waals surface area (Å²) in [5.41, 5.74) is 1.41. The Morgan fingerprint density at radius 2 is 1.21 bits per heavy atom. The van der Waals surface area contributed by atoms with Gasteiger partial charge in [-0.2, -0.15) is 13.2 Å². The average Bonchev–Trinajstić information content (AvgIpc) is 2.40. The lowest BCUT2D eigenvalue weighted by Gasteiger charge is -2.19. The molecule has 0 heterocycles. The summed E-state index contributed by atoms with van der Waals surface area (Å²) in [6, 6.07) is 17.8. The number of alkyl halides is 3. The van der Waals surface area contributed by atoms with Crippen LogP contribution >= 0.6 is 0 Å². The second kappa shape index (κ2) is 5.89. The minimum Gasteiger partial charge on any atom is -0.359 e. The van der Waals surface area contributed by atoms with Crippen LogP contribution in [0.25, 0.3) is 0 Å². The first-order chi connectivity index (χ1) is 9.06. The molecule has 4 heteroatoms. The standard InChI is InChI=1S/C15H13F3O/c16-15(17,18)11-19-14(12-7-3-1-4-8-12)13-9-5-2-6-10-13/h1-10,14H,11H2. The summed E-state index contributed by atoms with van der Waals surface area (Å²) in [4.78, 5) is 0. The van der Waals surface area contributed by atoms with Crippen LogP contribution in [-0.2, 0) is 4.74 Å². The van der Waals surface area contributed by atoms with Crippen molar-refractivity contribution in [3.8, 4) is 0 Å². The van der Waals surface area contributed by atoms with Gasteiger partial charge in [-0.25, -0.2) is 0 Å². The first-order valence-electron chi connectivity index (χ1n) is 5.84. The van der Waals surface area contributed by atoms with Crippen molar-refractivity contribution < 1.29 is 17.9 Å². The minimum absolute atomic E-state index is 0.705. The molecule has 2 rings (SSSR count). The zero-order chi connectivity index (χ0) is 13.7. The van der Waals surface area contributed by atoms with Gasteiger partial charge in [0.15, 0.2) is 0 Å². The molecule has 0 aliphatic heterocycles. The third-order valence-corrected chi connectivity index (χ3v) is 2.62. The SMILES string of the molecule is FC(F)(F)COC(c1ccccc1)c1ccccc1. The summed E-state index contributed by atoms with van der Waals surface area (Å²) in [5.74, 6) is 0. The van der Waals surface area contributed by atoms with Crippen LogP contribution in [0, 0.1) is 0 Å². The predicted molar refractivity (Wildman–Crippen MR) is 66.7 cm³/mol. The molecular weight excluding hydrogens is 253 g/mol. The molecule has 0 atom stereocenters. The molecule has 0 aliphatic rings. The summed E-state index contributed by atoms with van der Waals surface area (Å²) in [6.07, 6.45) is -5.04. The Labute approximate surface area is 109 Å². The smallest absolute Gasteiger partial charge is 0.359 e. The van der Waals surface area contributed by atoms with Crippen molar-refractivity contribution in [2.45, 2.75) is 12.3 Å². The number of halogens is 3. The summed E-state index contributed by atoms with van der Waals surface area (Å²) in [6.45, 7) is -1.26. The molecule has 1 nitrogen and oxygen atoms in total. The zero-order valence-electron chi connectivity index (χ0n) is 10.1. The minimum atomic E-state index is -4.33. The number of rotatable bonds is 4. The Morgan fingerprint density at radius 3 is 1.58 bits per heavy atom. The van der Waals surface area contributed by atoms with Crippen molar-refractivity contribution in [1.82, 2.24) is 0 Å². The second-order valence-corrected chi connectivity index (χ2v) is 4.13. The van der Waals surface area contributed by atoms with E-state index in [-0.39, 0.29) is 0 Å². The van der Waals surface area contributed by atoms with Crippen molar-refractivity contribution in [2.24, 2.45) is 0 Å². The van der Waals surface area contributed by atoms with E-state index in [1.807, 2.05) is 12.1 Å². The fourth-order valence-electron chi connectivity index (χ4n) is 1.82. The molecule has 19 heavy (non-hydrogen) atoms. The summed E-state index contributed by atoms with van der Waals surface area (Å²) in [5, 5.41) is 0. The van der Waals surface area contributed by atoms with Gasteiger partial charge >= 0.3 is 6.18 Å². The van der Waals surface area contributed by atoms with Crippen LogP contribution in [-0.4, -0.2) is 12.8 Å². The summed E-state index contributed by atoms with van der Waals surface area (Å²) >= 11 is 0. The van der Waals surface area contributed by atoms with Gasteiger partial charge in [-0.15, -0.1) is 0 Å². The van der Waals surface area contributed by atoms with Crippen LogP contribution in [0.4, 0.5) is 13.2 Å². The van der Waals surface area contributed by atoms with Crippen LogP contribution in [0.2, 0.25) is 0 Å².